The van der Waals surface area contributed by atoms with Gasteiger partial charge in [0.25, 0.3) is 0 Å². The largest absolute Gasteiger partial charge is 0.506 e. The van der Waals surface area contributed by atoms with Gasteiger partial charge in [-0.05, 0) is 28.1 Å². The minimum absolute atomic E-state index is 0.0994. The zero-order chi connectivity index (χ0) is 19.4. The highest BCUT2D eigenvalue weighted by Crippen LogP contribution is 2.30. The average Bonchev–Trinajstić information content (AvgIpc) is 2.66. The smallest absolute Gasteiger partial charge is 0.250 e. The lowest BCUT2D eigenvalue weighted by atomic mass is 10.2. The van der Waals surface area contributed by atoms with Crippen LogP contribution in [-0.2, 0) is 4.74 Å². The van der Waals surface area contributed by atoms with Gasteiger partial charge in [0, 0.05) is 37.2 Å². The first-order valence-corrected chi connectivity index (χ1v) is 9.76. The topological polar surface area (TPSA) is 99.0 Å². The molecule has 1 aliphatic rings. The Hall–Kier alpha value is -1.98. The average molecular weight is 501 g/mol. The second-order valence-corrected chi connectivity index (χ2v) is 7.72. The number of nitrogens with one attached hydrogen (secondary N) is 1. The summed E-state index contributed by atoms with van der Waals surface area (Å²) >= 11 is 6.68. The van der Waals surface area contributed by atoms with E-state index in [4.69, 9.17) is 4.74 Å². The van der Waals surface area contributed by atoms with Gasteiger partial charge in [-0.2, -0.15) is 20.1 Å². The molecule has 2 heterocycles. The second-order valence-electron chi connectivity index (χ2n) is 5.95. The summed E-state index contributed by atoms with van der Waals surface area (Å²) in [5, 5.41) is 14.2. The van der Waals surface area contributed by atoms with Gasteiger partial charge in [0.05, 0.1) is 23.9 Å². The van der Waals surface area contributed by atoms with Crippen molar-refractivity contribution in [3.63, 3.8) is 0 Å². The summed E-state index contributed by atoms with van der Waals surface area (Å²) in [5.41, 5.74) is 3.36. The van der Waals surface area contributed by atoms with Crippen LogP contribution < -0.4 is 15.2 Å². The second kappa shape index (κ2) is 8.81. The number of hydrogen-bond acceptors (Lipinski definition) is 9. The fourth-order valence-corrected chi connectivity index (χ4v) is 3.61. The molecule has 1 aromatic carbocycles. The van der Waals surface area contributed by atoms with Crippen LogP contribution in [0.15, 0.2) is 26.2 Å². The van der Waals surface area contributed by atoms with E-state index in [2.05, 4.69) is 57.3 Å². The number of nitrogens with zero attached hydrogens (tertiary/aromatic N) is 6. The molecule has 9 nitrogen and oxygen atoms in total. The fourth-order valence-electron chi connectivity index (χ4n) is 2.35. The summed E-state index contributed by atoms with van der Waals surface area (Å²) in [4.78, 5) is 17.1. The molecular weight excluding hydrogens is 482 g/mol. The maximum Gasteiger partial charge on any atom is 0.250 e. The van der Waals surface area contributed by atoms with Gasteiger partial charge in [-0.3, -0.25) is 0 Å². The van der Waals surface area contributed by atoms with Gasteiger partial charge in [-0.1, -0.05) is 15.9 Å². The summed E-state index contributed by atoms with van der Waals surface area (Å²) < 4.78 is 6.77. The molecular formula is C16H19Br2N7O2. The minimum Gasteiger partial charge on any atom is -0.506 e. The Morgan fingerprint density at radius 3 is 2.67 bits per heavy atom. The van der Waals surface area contributed by atoms with Crippen molar-refractivity contribution in [2.75, 3.05) is 55.6 Å². The Labute approximate surface area is 173 Å². The zero-order valence-corrected chi connectivity index (χ0v) is 18.0. The first-order valence-electron chi connectivity index (χ1n) is 8.17. The van der Waals surface area contributed by atoms with Gasteiger partial charge < -0.3 is 19.6 Å². The highest BCUT2D eigenvalue weighted by molar-refractivity contribution is 9.11. The van der Waals surface area contributed by atoms with Crippen molar-refractivity contribution < 1.29 is 9.84 Å². The van der Waals surface area contributed by atoms with E-state index in [1.807, 2.05) is 19.0 Å². The monoisotopic (exact) mass is 499 g/mol. The number of rotatable bonds is 5. The van der Waals surface area contributed by atoms with Crippen molar-refractivity contribution in [1.82, 2.24) is 15.0 Å². The van der Waals surface area contributed by atoms with Crippen LogP contribution in [0.25, 0.3) is 0 Å². The molecule has 3 rings (SSSR count). The minimum atomic E-state index is 0.0994. The lowest BCUT2D eigenvalue weighted by Gasteiger charge is -2.27. The van der Waals surface area contributed by atoms with Crippen molar-refractivity contribution in [1.29, 1.82) is 0 Å². The number of phenols is 1. The van der Waals surface area contributed by atoms with Crippen LogP contribution in [0.3, 0.4) is 0 Å². The van der Waals surface area contributed by atoms with Crippen LogP contribution >= 0.6 is 31.9 Å². The van der Waals surface area contributed by atoms with Gasteiger partial charge in [0.15, 0.2) is 0 Å². The van der Waals surface area contributed by atoms with E-state index in [-0.39, 0.29) is 5.75 Å². The zero-order valence-electron chi connectivity index (χ0n) is 14.9. The maximum atomic E-state index is 10.1. The molecule has 1 saturated heterocycles. The Morgan fingerprint density at radius 2 is 1.96 bits per heavy atom. The van der Waals surface area contributed by atoms with Crippen LogP contribution in [-0.4, -0.2) is 66.7 Å². The van der Waals surface area contributed by atoms with Crippen LogP contribution in [0, 0.1) is 0 Å². The SMILES string of the molecule is CN(C)c1nc(N/N=C/c2cc(Br)cc(Br)c2O)nc(N2CCOCC2)n1. The van der Waals surface area contributed by atoms with Gasteiger partial charge in [-0.15, -0.1) is 0 Å². The number of benzene rings is 1. The van der Waals surface area contributed by atoms with E-state index < -0.39 is 0 Å². The molecule has 144 valence electrons. The van der Waals surface area contributed by atoms with Gasteiger partial charge in [0.1, 0.15) is 5.75 Å². The van der Waals surface area contributed by atoms with Gasteiger partial charge in [-0.25, -0.2) is 5.43 Å². The van der Waals surface area contributed by atoms with Crippen molar-refractivity contribution in [3.8, 4) is 5.75 Å². The number of aromatic nitrogens is 3. The molecule has 27 heavy (non-hydrogen) atoms. The molecule has 1 fully saturated rings. The van der Waals surface area contributed by atoms with Crippen molar-refractivity contribution >= 4 is 55.9 Å². The highest BCUT2D eigenvalue weighted by Gasteiger charge is 2.17. The van der Waals surface area contributed by atoms with E-state index in [1.165, 1.54) is 6.21 Å². The number of halogens is 2. The van der Waals surface area contributed by atoms with Crippen molar-refractivity contribution in [3.05, 3.63) is 26.6 Å². The third kappa shape index (κ3) is 5.05. The highest BCUT2D eigenvalue weighted by atomic mass is 79.9. The van der Waals surface area contributed by atoms with E-state index >= 15 is 0 Å². The molecule has 0 bridgehead atoms. The number of aromatic hydroxyl groups is 1. The molecule has 0 aliphatic carbocycles. The quantitative estimate of drug-likeness (QED) is 0.477. The first-order chi connectivity index (χ1) is 12.9. The normalized spacial score (nSPS) is 14.6. The molecule has 1 aromatic heterocycles. The maximum absolute atomic E-state index is 10.1. The lowest BCUT2D eigenvalue weighted by Crippen LogP contribution is -2.37. The molecule has 0 radical (unpaired) electrons. The molecule has 2 N–H and O–H groups in total. The summed E-state index contributed by atoms with van der Waals surface area (Å²) in [6.45, 7) is 2.72. The fraction of sp³-hybridized carbons (Fsp3) is 0.375. The molecule has 0 saturated carbocycles. The van der Waals surface area contributed by atoms with Gasteiger partial charge in [0.2, 0.25) is 17.8 Å². The molecule has 0 atom stereocenters. The number of hydrazone groups is 1. The number of morpholine rings is 1. The van der Waals surface area contributed by atoms with E-state index in [9.17, 15) is 5.11 Å². The number of ether oxygens (including phenoxy) is 1. The Morgan fingerprint density at radius 1 is 1.22 bits per heavy atom. The Kier molecular flexibility index (Phi) is 6.45. The van der Waals surface area contributed by atoms with Crippen molar-refractivity contribution in [2.24, 2.45) is 5.10 Å². The Balaban J connectivity index is 1.82. The van der Waals surface area contributed by atoms with Gasteiger partial charge >= 0.3 is 0 Å². The summed E-state index contributed by atoms with van der Waals surface area (Å²) in [6.07, 6.45) is 1.50. The number of hydrogen-bond donors (Lipinski definition) is 2. The molecule has 11 heteroatoms. The molecule has 0 unspecified atom stereocenters. The predicted molar refractivity (Wildman–Crippen MR) is 112 cm³/mol. The lowest BCUT2D eigenvalue weighted by molar-refractivity contribution is 0.122. The molecule has 0 spiro atoms. The van der Waals surface area contributed by atoms with E-state index in [0.29, 0.717) is 41.1 Å². The predicted octanol–water partition coefficient (Wildman–Crippen LogP) is 2.45. The Bertz CT molecular complexity index is 842. The standard InChI is InChI=1S/C16H19Br2N7O2/c1-24(2)15-20-14(21-16(22-15)25-3-5-27-6-4-25)23-19-9-10-7-11(17)8-12(18)13(10)26/h7-9,26H,3-6H2,1-2H3,(H,20,21,22,23)/b19-9+. The van der Waals surface area contributed by atoms with E-state index in [1.54, 1.807) is 17.0 Å². The third-order valence-electron chi connectivity index (χ3n) is 3.73. The van der Waals surface area contributed by atoms with E-state index in [0.717, 1.165) is 17.6 Å². The molecule has 2 aromatic rings. The van der Waals surface area contributed by atoms with Crippen LogP contribution in [0.2, 0.25) is 0 Å². The van der Waals surface area contributed by atoms with Crippen LogP contribution in [0.1, 0.15) is 5.56 Å². The summed E-state index contributed by atoms with van der Waals surface area (Å²) in [6, 6.07) is 3.51. The molecule has 1 aliphatic heterocycles. The number of phenolic OH excluding ortho intramolecular Hbond substituents is 1. The van der Waals surface area contributed by atoms with Crippen molar-refractivity contribution in [2.45, 2.75) is 0 Å². The van der Waals surface area contributed by atoms with Crippen LogP contribution in [0.5, 0.6) is 5.75 Å². The first kappa shape index (κ1) is 19.8. The number of anilines is 3. The van der Waals surface area contributed by atoms with Crippen LogP contribution in [0.4, 0.5) is 17.8 Å². The summed E-state index contributed by atoms with van der Waals surface area (Å²) in [5.74, 6) is 1.52. The summed E-state index contributed by atoms with van der Waals surface area (Å²) in [7, 11) is 3.73. The molecule has 0 amide bonds. The third-order valence-corrected chi connectivity index (χ3v) is 4.79.